The van der Waals surface area contributed by atoms with Crippen molar-refractivity contribution in [3.05, 3.63) is 52.0 Å². The summed E-state index contributed by atoms with van der Waals surface area (Å²) < 4.78 is 25.7. The average Bonchev–Trinajstić information content (AvgIpc) is 2.57. The van der Waals surface area contributed by atoms with Crippen LogP contribution in [0, 0.1) is 21.3 Å². The second-order valence-electron chi connectivity index (χ2n) is 8.81. The van der Waals surface area contributed by atoms with Gasteiger partial charge >= 0.3 is 11.7 Å². The number of benzene rings is 1. The third-order valence-corrected chi connectivity index (χ3v) is 3.60. The van der Waals surface area contributed by atoms with Gasteiger partial charge in [-0.15, -0.1) is 0 Å². The van der Waals surface area contributed by atoms with Crippen molar-refractivity contribution in [2.75, 3.05) is 6.61 Å². The summed E-state index contributed by atoms with van der Waals surface area (Å²) in [6, 6.07) is 5.26. The zero-order valence-electron chi connectivity index (χ0n) is 17.4. The molecule has 0 bridgehead atoms. The van der Waals surface area contributed by atoms with E-state index in [1.807, 2.05) is 20.8 Å². The number of carbonyl (C=O) groups excluding carboxylic acids is 1. The zero-order chi connectivity index (χ0) is 22.0. The Bertz CT molecular complexity index is 930. The van der Waals surface area contributed by atoms with Gasteiger partial charge in [0, 0.05) is 17.8 Å². The number of nitro groups is 1. The summed E-state index contributed by atoms with van der Waals surface area (Å²) in [4.78, 5) is 27.1. The van der Waals surface area contributed by atoms with Gasteiger partial charge < -0.3 is 9.47 Å². The molecule has 0 aliphatic rings. The highest BCUT2D eigenvalue weighted by atomic mass is 19.1. The zero-order valence-corrected chi connectivity index (χ0v) is 17.4. The molecule has 2 aromatic rings. The predicted molar refractivity (Wildman–Crippen MR) is 106 cm³/mol. The van der Waals surface area contributed by atoms with Crippen LogP contribution >= 0.6 is 0 Å². The highest BCUT2D eigenvalue weighted by Crippen LogP contribution is 2.34. The minimum atomic E-state index is -0.903. The molecule has 0 unspecified atom stereocenters. The number of ether oxygens (including phenoxy) is 2. The maximum Gasteiger partial charge on any atom is 0.341 e. The van der Waals surface area contributed by atoms with E-state index in [2.05, 4.69) is 4.98 Å². The van der Waals surface area contributed by atoms with Crippen molar-refractivity contribution in [3.63, 3.8) is 0 Å². The van der Waals surface area contributed by atoms with Gasteiger partial charge in [0.2, 0.25) is 0 Å². The molecule has 1 aromatic heterocycles. The van der Waals surface area contributed by atoms with Crippen LogP contribution in [0.25, 0.3) is 11.3 Å². The molecule has 8 heteroatoms. The third kappa shape index (κ3) is 5.97. The minimum absolute atomic E-state index is 0.0809. The maximum absolute atomic E-state index is 15.0. The largest absolute Gasteiger partial charge is 0.486 e. The van der Waals surface area contributed by atoms with Crippen LogP contribution in [-0.4, -0.2) is 28.1 Å². The van der Waals surface area contributed by atoms with Crippen molar-refractivity contribution in [1.29, 1.82) is 0 Å². The molecule has 0 saturated carbocycles. The molecule has 0 radical (unpaired) electrons. The third-order valence-electron chi connectivity index (χ3n) is 3.60. The van der Waals surface area contributed by atoms with Crippen LogP contribution in [0.4, 0.5) is 10.1 Å². The van der Waals surface area contributed by atoms with E-state index in [-0.39, 0.29) is 40.3 Å². The van der Waals surface area contributed by atoms with Crippen LogP contribution in [0.2, 0.25) is 0 Å². The number of hydrogen-bond donors (Lipinski definition) is 0. The van der Waals surface area contributed by atoms with Gasteiger partial charge in [-0.3, -0.25) is 15.1 Å². The summed E-state index contributed by atoms with van der Waals surface area (Å²) in [7, 11) is 0. The lowest BCUT2D eigenvalue weighted by atomic mass is 9.98. The van der Waals surface area contributed by atoms with Gasteiger partial charge in [-0.05, 0) is 44.4 Å². The number of nitrogens with zero attached hydrogens (tertiary/aromatic N) is 2. The lowest BCUT2D eigenvalue weighted by Crippen LogP contribution is -2.24. The first-order valence-corrected chi connectivity index (χ1v) is 9.08. The van der Waals surface area contributed by atoms with Crippen molar-refractivity contribution in [2.45, 2.75) is 47.1 Å². The van der Waals surface area contributed by atoms with Gasteiger partial charge in [0.15, 0.2) is 11.6 Å². The van der Waals surface area contributed by atoms with E-state index in [4.69, 9.17) is 9.47 Å². The maximum atomic E-state index is 15.0. The lowest BCUT2D eigenvalue weighted by Gasteiger charge is -2.20. The van der Waals surface area contributed by atoms with Crippen molar-refractivity contribution in [2.24, 2.45) is 5.41 Å². The molecular weight excluding hydrogens is 379 g/mol. The molecule has 29 heavy (non-hydrogen) atoms. The monoisotopic (exact) mass is 404 g/mol. The summed E-state index contributed by atoms with van der Waals surface area (Å²) in [5.41, 5.74) is -1.61. The molecular formula is C21H25FN2O5. The summed E-state index contributed by atoms with van der Waals surface area (Å²) in [6.07, 6.45) is 1.26. The topological polar surface area (TPSA) is 91.6 Å². The molecule has 0 amide bonds. The Morgan fingerprint density at radius 3 is 2.38 bits per heavy atom. The summed E-state index contributed by atoms with van der Waals surface area (Å²) in [5, 5.41) is 11.5. The normalized spacial score (nSPS) is 11.8. The van der Waals surface area contributed by atoms with Crippen LogP contribution in [0.5, 0.6) is 5.75 Å². The quantitative estimate of drug-likeness (QED) is 0.387. The standard InChI is InChI=1S/C21H25FN2O5/c1-20(2,3)12-28-16-8-7-13(11-15(16)24(26)27)18-17(22)14(9-10-23-18)19(25)29-21(4,5)6/h7-11H,12H2,1-6H3. The molecule has 0 saturated heterocycles. The fourth-order valence-electron chi connectivity index (χ4n) is 2.36. The van der Waals surface area contributed by atoms with E-state index in [0.717, 1.165) is 0 Å². The van der Waals surface area contributed by atoms with Crippen LogP contribution in [0.1, 0.15) is 51.9 Å². The molecule has 7 nitrogen and oxygen atoms in total. The average molecular weight is 404 g/mol. The first-order chi connectivity index (χ1) is 13.3. The number of aromatic nitrogens is 1. The van der Waals surface area contributed by atoms with Crippen LogP contribution in [0.3, 0.4) is 0 Å². The molecule has 1 aromatic carbocycles. The molecule has 156 valence electrons. The van der Waals surface area contributed by atoms with Gasteiger partial charge in [-0.1, -0.05) is 20.8 Å². The highest BCUT2D eigenvalue weighted by Gasteiger charge is 2.25. The van der Waals surface area contributed by atoms with E-state index in [1.54, 1.807) is 20.8 Å². The molecule has 0 fully saturated rings. The molecule has 0 spiro atoms. The number of halogens is 1. The van der Waals surface area contributed by atoms with Crippen molar-refractivity contribution in [1.82, 2.24) is 4.98 Å². The Morgan fingerprint density at radius 2 is 1.83 bits per heavy atom. The SMILES string of the molecule is CC(C)(C)COc1ccc(-c2nccc(C(=O)OC(C)(C)C)c2F)cc1[N+](=O)[O-]. The van der Waals surface area contributed by atoms with Crippen molar-refractivity contribution >= 4 is 11.7 Å². The second-order valence-corrected chi connectivity index (χ2v) is 8.81. The van der Waals surface area contributed by atoms with Crippen molar-refractivity contribution in [3.8, 4) is 17.0 Å². The molecule has 0 aliphatic heterocycles. The number of rotatable bonds is 5. The van der Waals surface area contributed by atoms with Gasteiger partial charge in [-0.25, -0.2) is 9.18 Å². The fourth-order valence-corrected chi connectivity index (χ4v) is 2.36. The summed E-state index contributed by atoms with van der Waals surface area (Å²) >= 11 is 0. The predicted octanol–water partition coefficient (Wildman–Crippen LogP) is 5.18. The summed E-state index contributed by atoms with van der Waals surface area (Å²) in [5.74, 6) is -1.66. The first-order valence-electron chi connectivity index (χ1n) is 9.08. The summed E-state index contributed by atoms with van der Waals surface area (Å²) in [6.45, 7) is 11.1. The van der Waals surface area contributed by atoms with E-state index >= 15 is 0 Å². The van der Waals surface area contributed by atoms with Gasteiger partial charge in [0.05, 0.1) is 17.1 Å². The fraction of sp³-hybridized carbons (Fsp3) is 0.429. The van der Waals surface area contributed by atoms with Crippen LogP contribution in [0.15, 0.2) is 30.5 Å². The number of carbonyl (C=O) groups is 1. The molecule has 2 rings (SSSR count). The van der Waals surface area contributed by atoms with Crippen molar-refractivity contribution < 1.29 is 23.6 Å². The molecule has 1 heterocycles. The number of esters is 1. The van der Waals surface area contributed by atoms with Gasteiger partial charge in [-0.2, -0.15) is 0 Å². The number of hydrogen-bond acceptors (Lipinski definition) is 6. The van der Waals surface area contributed by atoms with E-state index < -0.39 is 22.3 Å². The molecule has 0 N–H and O–H groups in total. The second kappa shape index (κ2) is 8.14. The molecule has 0 aliphatic carbocycles. The van der Waals surface area contributed by atoms with E-state index in [9.17, 15) is 19.3 Å². The van der Waals surface area contributed by atoms with Gasteiger partial charge in [0.1, 0.15) is 11.3 Å². The Morgan fingerprint density at radius 1 is 1.17 bits per heavy atom. The Kier molecular flexibility index (Phi) is 6.25. The number of pyridine rings is 1. The lowest BCUT2D eigenvalue weighted by molar-refractivity contribution is -0.385. The Hall–Kier alpha value is -3.03. The Labute approximate surface area is 169 Å². The first kappa shape index (κ1) is 22.3. The molecule has 0 atom stereocenters. The van der Waals surface area contributed by atoms with E-state index in [0.29, 0.717) is 0 Å². The highest BCUT2D eigenvalue weighted by molar-refractivity contribution is 5.91. The minimum Gasteiger partial charge on any atom is -0.486 e. The van der Waals surface area contributed by atoms with E-state index in [1.165, 1.54) is 30.5 Å². The van der Waals surface area contributed by atoms with Gasteiger partial charge in [0.25, 0.3) is 0 Å². The number of nitro benzene ring substituents is 1. The Balaban J connectivity index is 2.45. The van der Waals surface area contributed by atoms with Crippen LogP contribution < -0.4 is 4.74 Å². The smallest absolute Gasteiger partial charge is 0.341 e. The van der Waals surface area contributed by atoms with Crippen LogP contribution in [-0.2, 0) is 4.74 Å².